The van der Waals surface area contributed by atoms with Gasteiger partial charge in [-0.1, -0.05) is 88.6 Å². The molecule has 0 aliphatic carbocycles. The highest BCUT2D eigenvalue weighted by atomic mass is 79.9. The van der Waals surface area contributed by atoms with Crippen LogP contribution >= 0.6 is 15.9 Å². The molecule has 1 saturated heterocycles. The van der Waals surface area contributed by atoms with Gasteiger partial charge >= 0.3 is 0 Å². The molecule has 1 N–H and O–H groups in total. The van der Waals surface area contributed by atoms with Crippen molar-refractivity contribution in [2.24, 2.45) is 5.11 Å². The minimum atomic E-state index is -1.22. The molecule has 1 amide bonds. The molecule has 2 aromatic carbocycles. The van der Waals surface area contributed by atoms with Gasteiger partial charge in [-0.3, -0.25) is 4.79 Å². The number of aliphatic hydroxyl groups excluding tert-OH is 1. The quantitative estimate of drug-likeness (QED) is 0.233. The fourth-order valence-electron chi connectivity index (χ4n) is 3.62. The lowest BCUT2D eigenvalue weighted by Gasteiger charge is -2.56. The molecule has 0 bridgehead atoms. The van der Waals surface area contributed by atoms with Crippen LogP contribution in [0.1, 0.15) is 30.5 Å². The standard InChI is InChI=1S/C20H21BrN4O2/c1-2-16(23-24-22)18(26)20(21)17(15-11-7-4-8-12-15)25(19(20)27)13-14-9-5-3-6-10-14/h3-12,16-18,26H,2,13H2,1H3/t16-,17-,18-,20-/m0/s1. The maximum absolute atomic E-state index is 13.1. The zero-order chi connectivity index (χ0) is 19.4. The molecule has 0 unspecified atom stereocenters. The van der Waals surface area contributed by atoms with Crippen LogP contribution in [0.25, 0.3) is 10.4 Å². The van der Waals surface area contributed by atoms with Gasteiger partial charge in [0.25, 0.3) is 0 Å². The van der Waals surface area contributed by atoms with Crippen molar-refractivity contribution in [1.82, 2.24) is 4.90 Å². The number of alkyl halides is 1. The summed E-state index contributed by atoms with van der Waals surface area (Å²) in [5.74, 6) is -0.209. The molecular weight excluding hydrogens is 408 g/mol. The summed E-state index contributed by atoms with van der Waals surface area (Å²) in [7, 11) is 0. The predicted octanol–water partition coefficient (Wildman–Crippen LogP) is 4.35. The van der Waals surface area contributed by atoms with E-state index in [1.165, 1.54) is 0 Å². The molecule has 1 fully saturated rings. The van der Waals surface area contributed by atoms with Crippen LogP contribution in [0.2, 0.25) is 0 Å². The summed E-state index contributed by atoms with van der Waals surface area (Å²) >= 11 is 3.54. The third-order valence-corrected chi connectivity index (χ3v) is 6.26. The highest BCUT2D eigenvalue weighted by Gasteiger charge is 2.64. The van der Waals surface area contributed by atoms with Crippen molar-refractivity contribution < 1.29 is 9.90 Å². The fourth-order valence-corrected chi connectivity index (χ4v) is 4.66. The van der Waals surface area contributed by atoms with Gasteiger partial charge in [-0.05, 0) is 23.1 Å². The van der Waals surface area contributed by atoms with Crippen molar-refractivity contribution in [1.29, 1.82) is 0 Å². The van der Waals surface area contributed by atoms with Crippen LogP contribution in [-0.4, -0.2) is 32.4 Å². The number of benzene rings is 2. The van der Waals surface area contributed by atoms with E-state index in [4.69, 9.17) is 5.53 Å². The SMILES string of the molecule is CC[C@H](N=[N+]=[N-])[C@H](O)[C@]1(Br)C(=O)N(Cc2ccccc2)[C@H]1c1ccccc1. The summed E-state index contributed by atoms with van der Waals surface area (Å²) in [6, 6.07) is 18.3. The molecule has 2 aromatic rings. The van der Waals surface area contributed by atoms with Gasteiger partial charge in [0.15, 0.2) is 4.32 Å². The molecule has 0 spiro atoms. The summed E-state index contributed by atoms with van der Waals surface area (Å²) in [6.07, 6.45) is -0.699. The second kappa shape index (κ2) is 8.13. The lowest BCUT2D eigenvalue weighted by Crippen LogP contribution is -2.71. The van der Waals surface area contributed by atoms with Crippen molar-refractivity contribution in [2.45, 2.75) is 42.4 Å². The summed E-state index contributed by atoms with van der Waals surface area (Å²) in [4.78, 5) is 17.7. The number of β-lactam (4-membered cyclic amide) rings is 1. The number of carbonyl (C=O) groups excluding carboxylic acids is 1. The van der Waals surface area contributed by atoms with Crippen LogP contribution in [0.4, 0.5) is 0 Å². The van der Waals surface area contributed by atoms with Gasteiger partial charge in [0.1, 0.15) is 0 Å². The second-order valence-electron chi connectivity index (χ2n) is 6.63. The zero-order valence-corrected chi connectivity index (χ0v) is 16.5. The Morgan fingerprint density at radius 1 is 1.22 bits per heavy atom. The van der Waals surface area contributed by atoms with Crippen LogP contribution in [0, 0.1) is 0 Å². The first-order valence-electron chi connectivity index (χ1n) is 8.85. The van der Waals surface area contributed by atoms with Crippen molar-refractivity contribution >= 4 is 21.8 Å². The Bertz CT molecular complexity index is 842. The molecule has 6 nitrogen and oxygen atoms in total. The second-order valence-corrected chi connectivity index (χ2v) is 7.94. The third-order valence-electron chi connectivity index (χ3n) is 5.02. The van der Waals surface area contributed by atoms with Crippen LogP contribution in [-0.2, 0) is 11.3 Å². The average Bonchev–Trinajstić information content (AvgIpc) is 2.72. The van der Waals surface area contributed by atoms with E-state index in [2.05, 4.69) is 26.0 Å². The minimum Gasteiger partial charge on any atom is -0.391 e. The summed E-state index contributed by atoms with van der Waals surface area (Å²) in [5.41, 5.74) is 10.7. The van der Waals surface area contributed by atoms with Crippen LogP contribution in [0.5, 0.6) is 0 Å². The van der Waals surface area contributed by atoms with Crippen LogP contribution in [0.3, 0.4) is 0 Å². The van der Waals surface area contributed by atoms with E-state index < -0.39 is 16.5 Å². The van der Waals surface area contributed by atoms with Gasteiger partial charge in [0.05, 0.1) is 18.2 Å². The number of halogens is 1. The molecular formula is C20H21BrN4O2. The summed E-state index contributed by atoms with van der Waals surface area (Å²) < 4.78 is -1.22. The number of rotatable bonds is 7. The first-order valence-corrected chi connectivity index (χ1v) is 9.64. The van der Waals surface area contributed by atoms with E-state index in [-0.39, 0.29) is 11.9 Å². The Kier molecular flexibility index (Phi) is 5.85. The number of hydrogen-bond donors (Lipinski definition) is 1. The molecule has 7 heteroatoms. The molecule has 140 valence electrons. The molecule has 0 aromatic heterocycles. The lowest BCUT2D eigenvalue weighted by atomic mass is 9.75. The van der Waals surface area contributed by atoms with E-state index in [1.807, 2.05) is 67.6 Å². The zero-order valence-electron chi connectivity index (χ0n) is 14.9. The van der Waals surface area contributed by atoms with Gasteiger partial charge in [-0.25, -0.2) is 0 Å². The molecule has 3 rings (SSSR count). The number of amides is 1. The first-order chi connectivity index (χ1) is 13.0. The average molecular weight is 429 g/mol. The van der Waals surface area contributed by atoms with Gasteiger partial charge in [0, 0.05) is 11.5 Å². The molecule has 0 saturated carbocycles. The largest absolute Gasteiger partial charge is 0.391 e. The Morgan fingerprint density at radius 3 is 2.37 bits per heavy atom. The Labute approximate surface area is 166 Å². The monoisotopic (exact) mass is 428 g/mol. The Balaban J connectivity index is 1.98. The predicted molar refractivity (Wildman–Crippen MR) is 107 cm³/mol. The molecule has 1 aliphatic rings. The van der Waals surface area contributed by atoms with Gasteiger partial charge in [0.2, 0.25) is 5.91 Å². The van der Waals surface area contributed by atoms with Crippen molar-refractivity contribution in [2.75, 3.05) is 0 Å². The normalized spacial score (nSPS) is 23.9. The molecule has 1 aliphatic heterocycles. The number of aliphatic hydroxyl groups is 1. The summed E-state index contributed by atoms with van der Waals surface area (Å²) in [5, 5.41) is 14.6. The third kappa shape index (κ3) is 3.46. The maximum atomic E-state index is 13.1. The van der Waals surface area contributed by atoms with Crippen LogP contribution in [0.15, 0.2) is 65.8 Å². The lowest BCUT2D eigenvalue weighted by molar-refractivity contribution is -0.161. The van der Waals surface area contributed by atoms with E-state index >= 15 is 0 Å². The van der Waals surface area contributed by atoms with E-state index in [0.717, 1.165) is 11.1 Å². The Hall–Kier alpha value is -2.34. The fraction of sp³-hybridized carbons (Fsp3) is 0.350. The number of azide groups is 1. The number of hydrogen-bond acceptors (Lipinski definition) is 3. The number of nitrogens with zero attached hydrogens (tertiary/aromatic N) is 4. The molecule has 1 heterocycles. The number of likely N-dealkylation sites (tertiary alicyclic amines) is 1. The first kappa shape index (κ1) is 19.4. The van der Waals surface area contributed by atoms with Gasteiger partial charge < -0.3 is 10.0 Å². The van der Waals surface area contributed by atoms with Gasteiger partial charge in [-0.2, -0.15) is 0 Å². The van der Waals surface area contributed by atoms with Gasteiger partial charge in [-0.15, -0.1) is 0 Å². The van der Waals surface area contributed by atoms with Crippen LogP contribution < -0.4 is 0 Å². The smallest absolute Gasteiger partial charge is 0.245 e. The van der Waals surface area contributed by atoms with Crippen molar-refractivity contribution in [3.63, 3.8) is 0 Å². The van der Waals surface area contributed by atoms with E-state index in [1.54, 1.807) is 4.90 Å². The highest BCUT2D eigenvalue weighted by molar-refractivity contribution is 9.10. The maximum Gasteiger partial charge on any atom is 0.245 e. The summed E-state index contributed by atoms with van der Waals surface area (Å²) in [6.45, 7) is 2.26. The molecule has 0 radical (unpaired) electrons. The topological polar surface area (TPSA) is 89.3 Å². The van der Waals surface area contributed by atoms with Crippen molar-refractivity contribution in [3.05, 3.63) is 82.2 Å². The van der Waals surface area contributed by atoms with Crippen molar-refractivity contribution in [3.8, 4) is 0 Å². The molecule has 27 heavy (non-hydrogen) atoms. The molecule has 4 atom stereocenters. The highest BCUT2D eigenvalue weighted by Crippen LogP contribution is 2.53. The van der Waals surface area contributed by atoms with E-state index in [9.17, 15) is 9.90 Å². The Morgan fingerprint density at radius 2 is 1.81 bits per heavy atom. The van der Waals surface area contributed by atoms with E-state index in [0.29, 0.717) is 13.0 Å². The number of carbonyl (C=O) groups is 1. The minimum absolute atomic E-state index is 0.209.